The van der Waals surface area contributed by atoms with Gasteiger partial charge >= 0.3 is 0 Å². The lowest BCUT2D eigenvalue weighted by Crippen LogP contribution is -2.28. The molecular weight excluding hydrogens is 328 g/mol. The van der Waals surface area contributed by atoms with Gasteiger partial charge in [-0.1, -0.05) is 30.3 Å². The minimum Gasteiger partial charge on any atom is -0.489 e. The van der Waals surface area contributed by atoms with Crippen molar-refractivity contribution in [2.75, 3.05) is 19.0 Å². The molecule has 3 N–H and O–H groups in total. The molecule has 1 amide bonds. The minimum absolute atomic E-state index is 0. The number of amides is 1. The first kappa shape index (κ1) is 20.0. The second-order valence-electron chi connectivity index (χ2n) is 5.14. The predicted octanol–water partition coefficient (Wildman–Crippen LogP) is 2.99. The van der Waals surface area contributed by atoms with Crippen LogP contribution in [0.4, 0.5) is 5.69 Å². The highest BCUT2D eigenvalue weighted by Gasteiger charge is 2.11. The molecule has 0 aliphatic rings. The number of ether oxygens (including phenoxy) is 2. The molecule has 2 aromatic carbocycles. The van der Waals surface area contributed by atoms with Gasteiger partial charge < -0.3 is 20.5 Å². The zero-order valence-corrected chi connectivity index (χ0v) is 14.4. The third kappa shape index (κ3) is 6.58. The maximum Gasteiger partial charge on any atom is 0.227 e. The van der Waals surface area contributed by atoms with Crippen LogP contribution in [0.5, 0.6) is 5.75 Å². The fourth-order valence-corrected chi connectivity index (χ4v) is 2.06. The average Bonchev–Trinajstić information content (AvgIpc) is 2.60. The Morgan fingerprint density at radius 3 is 2.38 bits per heavy atom. The zero-order chi connectivity index (χ0) is 16.5. The Hall–Kier alpha value is -2.08. The van der Waals surface area contributed by atoms with Crippen LogP contribution in [-0.2, 0) is 16.1 Å². The van der Waals surface area contributed by atoms with Crippen LogP contribution in [0.2, 0.25) is 0 Å². The summed E-state index contributed by atoms with van der Waals surface area (Å²) in [5.41, 5.74) is 7.33. The normalized spacial score (nSPS) is 11.2. The summed E-state index contributed by atoms with van der Waals surface area (Å²) in [6.07, 6.45) is -0.0253. The molecule has 0 aliphatic carbocycles. The summed E-state index contributed by atoms with van der Waals surface area (Å²) in [6, 6.07) is 17.2. The topological polar surface area (TPSA) is 73.6 Å². The fraction of sp³-hybridized carbons (Fsp3) is 0.278. The molecule has 0 bridgehead atoms. The van der Waals surface area contributed by atoms with Crippen LogP contribution in [0.1, 0.15) is 12.0 Å². The van der Waals surface area contributed by atoms with E-state index in [1.807, 2.05) is 54.6 Å². The van der Waals surface area contributed by atoms with Gasteiger partial charge in [0.15, 0.2) is 0 Å². The number of rotatable bonds is 8. The van der Waals surface area contributed by atoms with Crippen molar-refractivity contribution in [1.82, 2.24) is 0 Å². The molecule has 0 saturated heterocycles. The predicted molar refractivity (Wildman–Crippen MR) is 97.6 cm³/mol. The standard InChI is InChI=1S/C18H22N2O3.ClH/c1-22-17(12-19)11-18(21)20-15-7-9-16(10-8-15)23-13-14-5-3-2-4-6-14;/h2-10,17H,11-13,19H2,1H3,(H,20,21);1H. The van der Waals surface area contributed by atoms with Gasteiger partial charge in [0.2, 0.25) is 5.91 Å². The summed E-state index contributed by atoms with van der Waals surface area (Å²) in [4.78, 5) is 11.9. The van der Waals surface area contributed by atoms with E-state index in [2.05, 4.69) is 5.32 Å². The van der Waals surface area contributed by atoms with Gasteiger partial charge in [-0.15, -0.1) is 12.4 Å². The Morgan fingerprint density at radius 2 is 1.79 bits per heavy atom. The first-order valence-corrected chi connectivity index (χ1v) is 7.50. The van der Waals surface area contributed by atoms with Crippen LogP contribution in [0.25, 0.3) is 0 Å². The maximum absolute atomic E-state index is 11.9. The summed E-state index contributed by atoms with van der Waals surface area (Å²) in [7, 11) is 1.55. The molecular formula is C18H23ClN2O3. The number of carbonyl (C=O) groups excluding carboxylic acids is 1. The number of halogens is 1. The van der Waals surface area contributed by atoms with Gasteiger partial charge in [0.05, 0.1) is 12.5 Å². The van der Waals surface area contributed by atoms with Gasteiger partial charge in [0.25, 0.3) is 0 Å². The van der Waals surface area contributed by atoms with E-state index in [-0.39, 0.29) is 30.8 Å². The molecule has 6 heteroatoms. The number of anilines is 1. The van der Waals surface area contributed by atoms with E-state index in [1.165, 1.54) is 0 Å². The van der Waals surface area contributed by atoms with Crippen LogP contribution in [0.3, 0.4) is 0 Å². The summed E-state index contributed by atoms with van der Waals surface area (Å²) < 4.78 is 10.8. The van der Waals surface area contributed by atoms with Crippen LogP contribution >= 0.6 is 12.4 Å². The second kappa shape index (κ2) is 10.6. The number of benzene rings is 2. The van der Waals surface area contributed by atoms with Gasteiger partial charge in [-0.05, 0) is 29.8 Å². The fourth-order valence-electron chi connectivity index (χ4n) is 2.06. The Kier molecular flexibility index (Phi) is 8.86. The van der Waals surface area contributed by atoms with E-state index < -0.39 is 0 Å². The second-order valence-corrected chi connectivity index (χ2v) is 5.14. The molecule has 0 heterocycles. The summed E-state index contributed by atoms with van der Waals surface area (Å²) in [5.74, 6) is 0.629. The van der Waals surface area contributed by atoms with Crippen LogP contribution in [-0.4, -0.2) is 25.7 Å². The lowest BCUT2D eigenvalue weighted by Gasteiger charge is -2.13. The Labute approximate surface area is 148 Å². The molecule has 5 nitrogen and oxygen atoms in total. The molecule has 1 unspecified atom stereocenters. The Morgan fingerprint density at radius 1 is 1.12 bits per heavy atom. The number of hydrogen-bond donors (Lipinski definition) is 2. The first-order valence-electron chi connectivity index (χ1n) is 7.50. The number of hydrogen-bond acceptors (Lipinski definition) is 4. The Bertz CT molecular complexity index is 601. The van der Waals surface area contributed by atoms with Crippen molar-refractivity contribution in [2.45, 2.75) is 19.1 Å². The lowest BCUT2D eigenvalue weighted by atomic mass is 10.2. The highest BCUT2D eigenvalue weighted by atomic mass is 35.5. The summed E-state index contributed by atoms with van der Waals surface area (Å²) in [5, 5.41) is 2.81. The third-order valence-electron chi connectivity index (χ3n) is 3.40. The van der Waals surface area contributed by atoms with E-state index >= 15 is 0 Å². The maximum atomic E-state index is 11.9. The van der Waals surface area contributed by atoms with Crippen LogP contribution < -0.4 is 15.8 Å². The van der Waals surface area contributed by atoms with Crippen LogP contribution in [0.15, 0.2) is 54.6 Å². The molecule has 0 aromatic heterocycles. The number of methoxy groups -OCH3 is 1. The summed E-state index contributed by atoms with van der Waals surface area (Å²) >= 11 is 0. The van der Waals surface area contributed by atoms with E-state index in [4.69, 9.17) is 15.2 Å². The molecule has 2 aromatic rings. The molecule has 1 atom stereocenters. The lowest BCUT2D eigenvalue weighted by molar-refractivity contribution is -0.118. The first-order chi connectivity index (χ1) is 11.2. The van der Waals surface area contributed by atoms with E-state index in [0.717, 1.165) is 11.3 Å². The number of nitrogens with one attached hydrogen (secondary N) is 1. The molecule has 0 spiro atoms. The SMILES string of the molecule is COC(CN)CC(=O)Nc1ccc(OCc2ccccc2)cc1.Cl. The van der Waals surface area contributed by atoms with Crippen LogP contribution in [0, 0.1) is 0 Å². The van der Waals surface area contributed by atoms with Gasteiger partial charge in [-0.2, -0.15) is 0 Å². The Balaban J connectivity index is 0.00000288. The molecule has 0 radical (unpaired) electrons. The van der Waals surface area contributed by atoms with Gasteiger partial charge in [0, 0.05) is 19.3 Å². The minimum atomic E-state index is -0.261. The monoisotopic (exact) mass is 350 g/mol. The smallest absolute Gasteiger partial charge is 0.227 e. The van der Waals surface area contributed by atoms with E-state index in [0.29, 0.717) is 18.8 Å². The van der Waals surface area contributed by atoms with Crippen molar-refractivity contribution in [3.8, 4) is 5.75 Å². The molecule has 0 aliphatic heterocycles. The van der Waals surface area contributed by atoms with Crippen molar-refractivity contribution >= 4 is 24.0 Å². The van der Waals surface area contributed by atoms with Crippen molar-refractivity contribution in [3.05, 3.63) is 60.2 Å². The summed E-state index contributed by atoms with van der Waals surface area (Å²) in [6.45, 7) is 0.828. The van der Waals surface area contributed by atoms with Gasteiger partial charge in [0.1, 0.15) is 12.4 Å². The molecule has 24 heavy (non-hydrogen) atoms. The van der Waals surface area contributed by atoms with Crippen molar-refractivity contribution in [1.29, 1.82) is 0 Å². The third-order valence-corrected chi connectivity index (χ3v) is 3.40. The molecule has 130 valence electrons. The molecule has 2 rings (SSSR count). The van der Waals surface area contributed by atoms with Crippen molar-refractivity contribution in [3.63, 3.8) is 0 Å². The quantitative estimate of drug-likeness (QED) is 0.767. The molecule has 0 fully saturated rings. The highest BCUT2D eigenvalue weighted by molar-refractivity contribution is 5.91. The van der Waals surface area contributed by atoms with E-state index in [1.54, 1.807) is 7.11 Å². The van der Waals surface area contributed by atoms with Crippen molar-refractivity contribution in [2.24, 2.45) is 5.73 Å². The van der Waals surface area contributed by atoms with Gasteiger partial charge in [-0.3, -0.25) is 4.79 Å². The van der Waals surface area contributed by atoms with Crippen molar-refractivity contribution < 1.29 is 14.3 Å². The largest absolute Gasteiger partial charge is 0.489 e. The number of carbonyl (C=O) groups is 1. The molecule has 0 saturated carbocycles. The number of nitrogens with two attached hydrogens (primary N) is 1. The average molecular weight is 351 g/mol. The van der Waals surface area contributed by atoms with Gasteiger partial charge in [-0.25, -0.2) is 0 Å². The highest BCUT2D eigenvalue weighted by Crippen LogP contribution is 2.17. The van der Waals surface area contributed by atoms with E-state index in [9.17, 15) is 4.79 Å². The zero-order valence-electron chi connectivity index (χ0n) is 13.6.